The first-order valence-corrected chi connectivity index (χ1v) is 7.07. The highest BCUT2D eigenvalue weighted by atomic mass is 32.1. The first-order chi connectivity index (χ1) is 9.67. The molecule has 106 valence electrons. The van der Waals surface area contributed by atoms with Crippen LogP contribution in [0.15, 0.2) is 29.1 Å². The van der Waals surface area contributed by atoms with E-state index in [2.05, 4.69) is 22.7 Å². The van der Waals surface area contributed by atoms with Gasteiger partial charge in [0, 0.05) is 13.5 Å². The fourth-order valence-corrected chi connectivity index (χ4v) is 2.05. The van der Waals surface area contributed by atoms with Crippen LogP contribution < -0.4 is 16.3 Å². The minimum atomic E-state index is -0.126. The number of para-hydroxylation sites is 1. The molecule has 0 fully saturated rings. The van der Waals surface area contributed by atoms with Gasteiger partial charge in [0.1, 0.15) is 5.82 Å². The van der Waals surface area contributed by atoms with Gasteiger partial charge in [-0.25, -0.2) is 9.66 Å². The van der Waals surface area contributed by atoms with Crippen LogP contribution in [0.3, 0.4) is 0 Å². The SMILES string of the molecule is CCCCc1nc2ccccc2c(=O)n1NC(=S)NC. The first kappa shape index (κ1) is 14.5. The molecule has 0 amide bonds. The number of nitrogens with one attached hydrogen (secondary N) is 2. The highest BCUT2D eigenvalue weighted by molar-refractivity contribution is 7.80. The van der Waals surface area contributed by atoms with Crippen molar-refractivity contribution in [3.63, 3.8) is 0 Å². The third kappa shape index (κ3) is 2.96. The Bertz CT molecular complexity index is 680. The quantitative estimate of drug-likeness (QED) is 0.841. The number of rotatable bonds is 4. The summed E-state index contributed by atoms with van der Waals surface area (Å²) in [6.07, 6.45) is 2.74. The van der Waals surface area contributed by atoms with Crippen molar-refractivity contribution in [3.8, 4) is 0 Å². The number of benzene rings is 1. The zero-order valence-electron chi connectivity index (χ0n) is 11.6. The standard InChI is InChI=1S/C14H18N4OS/c1-3-4-9-12-16-11-8-6-5-7-10(11)13(19)18(12)17-14(20)15-2/h5-8H,3-4,9H2,1-2H3,(H2,15,17,20). The second kappa shape index (κ2) is 6.47. The minimum Gasteiger partial charge on any atom is -0.364 e. The van der Waals surface area contributed by atoms with Crippen LogP contribution in [0.25, 0.3) is 10.9 Å². The summed E-state index contributed by atoms with van der Waals surface area (Å²) in [6.45, 7) is 2.11. The Morgan fingerprint density at radius 1 is 1.40 bits per heavy atom. The molecule has 0 saturated heterocycles. The van der Waals surface area contributed by atoms with E-state index in [1.807, 2.05) is 18.2 Å². The van der Waals surface area contributed by atoms with Crippen LogP contribution in [0.4, 0.5) is 0 Å². The number of unbranched alkanes of at least 4 members (excludes halogenated alkanes) is 1. The van der Waals surface area contributed by atoms with Gasteiger partial charge in [-0.1, -0.05) is 25.5 Å². The van der Waals surface area contributed by atoms with E-state index in [-0.39, 0.29) is 5.56 Å². The molecule has 0 aliphatic heterocycles. The molecule has 0 unspecified atom stereocenters. The largest absolute Gasteiger partial charge is 0.364 e. The van der Waals surface area contributed by atoms with Crippen molar-refractivity contribution in [1.82, 2.24) is 15.0 Å². The van der Waals surface area contributed by atoms with E-state index in [4.69, 9.17) is 12.2 Å². The van der Waals surface area contributed by atoms with Gasteiger partial charge < -0.3 is 5.32 Å². The molecular weight excluding hydrogens is 272 g/mol. The van der Waals surface area contributed by atoms with Crippen LogP contribution in [-0.4, -0.2) is 21.8 Å². The molecule has 20 heavy (non-hydrogen) atoms. The van der Waals surface area contributed by atoms with Crippen molar-refractivity contribution < 1.29 is 0 Å². The third-order valence-corrected chi connectivity index (χ3v) is 3.33. The lowest BCUT2D eigenvalue weighted by Crippen LogP contribution is -2.40. The normalized spacial score (nSPS) is 10.5. The summed E-state index contributed by atoms with van der Waals surface area (Å²) in [7, 11) is 1.71. The molecule has 0 aliphatic rings. The smallest absolute Gasteiger partial charge is 0.280 e. The zero-order chi connectivity index (χ0) is 14.5. The summed E-state index contributed by atoms with van der Waals surface area (Å²) in [5.41, 5.74) is 3.49. The molecular formula is C14H18N4OS. The predicted molar refractivity (Wildman–Crippen MR) is 85.6 cm³/mol. The molecule has 6 heteroatoms. The van der Waals surface area contributed by atoms with Crippen LogP contribution in [-0.2, 0) is 6.42 Å². The van der Waals surface area contributed by atoms with Gasteiger partial charge in [0.05, 0.1) is 10.9 Å². The fourth-order valence-electron chi connectivity index (χ4n) is 1.95. The monoisotopic (exact) mass is 290 g/mol. The second-order valence-electron chi connectivity index (χ2n) is 4.48. The fraction of sp³-hybridized carbons (Fsp3) is 0.357. The molecule has 2 aromatic rings. The van der Waals surface area contributed by atoms with E-state index >= 15 is 0 Å². The molecule has 2 N–H and O–H groups in total. The van der Waals surface area contributed by atoms with E-state index in [0.717, 1.165) is 24.8 Å². The maximum absolute atomic E-state index is 12.5. The maximum atomic E-state index is 12.5. The van der Waals surface area contributed by atoms with Gasteiger partial charge in [-0.2, -0.15) is 0 Å². The van der Waals surface area contributed by atoms with E-state index in [0.29, 0.717) is 16.3 Å². The van der Waals surface area contributed by atoms with Gasteiger partial charge in [-0.15, -0.1) is 0 Å². The lowest BCUT2D eigenvalue weighted by atomic mass is 10.2. The van der Waals surface area contributed by atoms with Gasteiger partial charge in [0.15, 0.2) is 5.11 Å². The minimum absolute atomic E-state index is 0.126. The van der Waals surface area contributed by atoms with Crippen LogP contribution in [0.2, 0.25) is 0 Å². The average Bonchev–Trinajstić information content (AvgIpc) is 2.48. The van der Waals surface area contributed by atoms with Gasteiger partial charge in [0.25, 0.3) is 5.56 Å². The Morgan fingerprint density at radius 3 is 2.85 bits per heavy atom. The summed E-state index contributed by atoms with van der Waals surface area (Å²) in [4.78, 5) is 17.1. The van der Waals surface area contributed by atoms with E-state index in [9.17, 15) is 4.79 Å². The molecule has 0 spiro atoms. The summed E-state index contributed by atoms with van der Waals surface area (Å²) in [5.74, 6) is 0.702. The number of nitrogens with zero attached hydrogens (tertiary/aromatic N) is 2. The van der Waals surface area contributed by atoms with Gasteiger partial charge in [-0.05, 0) is 30.8 Å². The van der Waals surface area contributed by atoms with Crippen molar-refractivity contribution >= 4 is 28.2 Å². The molecule has 0 bridgehead atoms. The molecule has 2 rings (SSSR count). The summed E-state index contributed by atoms with van der Waals surface area (Å²) < 4.78 is 1.44. The molecule has 1 heterocycles. The molecule has 1 aromatic carbocycles. The molecule has 5 nitrogen and oxygen atoms in total. The second-order valence-corrected chi connectivity index (χ2v) is 4.89. The Balaban J connectivity index is 2.57. The van der Waals surface area contributed by atoms with E-state index < -0.39 is 0 Å². The lowest BCUT2D eigenvalue weighted by molar-refractivity contribution is 0.701. The Morgan fingerprint density at radius 2 is 2.15 bits per heavy atom. The Kier molecular flexibility index (Phi) is 4.68. The summed E-state index contributed by atoms with van der Waals surface area (Å²) in [6, 6.07) is 7.34. The number of aryl methyl sites for hydroxylation is 1. The van der Waals surface area contributed by atoms with Crippen molar-refractivity contribution in [2.24, 2.45) is 0 Å². The van der Waals surface area contributed by atoms with Crippen LogP contribution in [0.1, 0.15) is 25.6 Å². The highest BCUT2D eigenvalue weighted by Crippen LogP contribution is 2.09. The first-order valence-electron chi connectivity index (χ1n) is 6.66. The van der Waals surface area contributed by atoms with E-state index in [1.54, 1.807) is 13.1 Å². The molecule has 1 aromatic heterocycles. The van der Waals surface area contributed by atoms with Crippen LogP contribution >= 0.6 is 12.2 Å². The molecule has 0 atom stereocenters. The number of thiocarbonyl (C=S) groups is 1. The Hall–Kier alpha value is -1.95. The van der Waals surface area contributed by atoms with Crippen LogP contribution in [0, 0.1) is 0 Å². The van der Waals surface area contributed by atoms with E-state index in [1.165, 1.54) is 4.68 Å². The van der Waals surface area contributed by atoms with Crippen molar-refractivity contribution in [2.45, 2.75) is 26.2 Å². The number of aromatic nitrogens is 2. The van der Waals surface area contributed by atoms with Gasteiger partial charge in [-0.3, -0.25) is 10.2 Å². The van der Waals surface area contributed by atoms with Gasteiger partial charge in [0.2, 0.25) is 0 Å². The molecule has 0 aliphatic carbocycles. The zero-order valence-corrected chi connectivity index (χ0v) is 12.5. The topological polar surface area (TPSA) is 59.0 Å². The average molecular weight is 290 g/mol. The molecule has 0 saturated carbocycles. The van der Waals surface area contributed by atoms with Crippen molar-refractivity contribution in [2.75, 3.05) is 12.5 Å². The highest BCUT2D eigenvalue weighted by Gasteiger charge is 2.11. The van der Waals surface area contributed by atoms with Crippen molar-refractivity contribution in [1.29, 1.82) is 0 Å². The van der Waals surface area contributed by atoms with Gasteiger partial charge >= 0.3 is 0 Å². The predicted octanol–water partition coefficient (Wildman–Crippen LogP) is 1.79. The molecule has 0 radical (unpaired) electrons. The van der Waals surface area contributed by atoms with Crippen molar-refractivity contribution in [3.05, 3.63) is 40.4 Å². The summed E-state index contributed by atoms with van der Waals surface area (Å²) in [5, 5.41) is 3.78. The lowest BCUT2D eigenvalue weighted by Gasteiger charge is -2.15. The van der Waals surface area contributed by atoms with Crippen LogP contribution in [0.5, 0.6) is 0 Å². The third-order valence-electron chi connectivity index (χ3n) is 3.04. The maximum Gasteiger partial charge on any atom is 0.280 e. The Labute approximate surface area is 123 Å². The number of hydrogen-bond donors (Lipinski definition) is 2. The summed E-state index contributed by atoms with van der Waals surface area (Å²) >= 11 is 5.08. The number of fused-ring (bicyclic) bond motifs is 1. The number of hydrogen-bond acceptors (Lipinski definition) is 3.